The first-order chi connectivity index (χ1) is 10.6. The summed E-state index contributed by atoms with van der Waals surface area (Å²) < 4.78 is 0. The van der Waals surface area contributed by atoms with Gasteiger partial charge in [-0.25, -0.2) is 0 Å². The maximum Gasteiger partial charge on any atom is 0.306 e. The van der Waals surface area contributed by atoms with Crippen LogP contribution in [0.5, 0.6) is 0 Å². The third-order valence-corrected chi connectivity index (χ3v) is 4.21. The predicted molar refractivity (Wildman–Crippen MR) is 82.7 cm³/mol. The van der Waals surface area contributed by atoms with Crippen LogP contribution < -0.4 is 10.6 Å². The summed E-state index contributed by atoms with van der Waals surface area (Å²) in [7, 11) is 1.59. The molecule has 1 aromatic heterocycles. The van der Waals surface area contributed by atoms with Gasteiger partial charge in [-0.2, -0.15) is 0 Å². The van der Waals surface area contributed by atoms with E-state index < -0.39 is 5.97 Å². The number of hydrogen-bond acceptors (Lipinski definition) is 4. The van der Waals surface area contributed by atoms with Crippen molar-refractivity contribution >= 4 is 11.9 Å². The van der Waals surface area contributed by atoms with Crippen molar-refractivity contribution in [2.24, 2.45) is 5.92 Å². The Morgan fingerprint density at radius 1 is 1.32 bits per heavy atom. The quantitative estimate of drug-likeness (QED) is 0.735. The molecule has 0 saturated heterocycles. The van der Waals surface area contributed by atoms with Crippen molar-refractivity contribution in [1.82, 2.24) is 15.6 Å². The van der Waals surface area contributed by atoms with Crippen LogP contribution in [0.1, 0.15) is 41.7 Å². The lowest BCUT2D eigenvalue weighted by Gasteiger charge is -2.27. The van der Waals surface area contributed by atoms with Crippen LogP contribution in [0, 0.1) is 5.92 Å². The molecule has 22 heavy (non-hydrogen) atoms. The van der Waals surface area contributed by atoms with Crippen molar-refractivity contribution in [1.29, 1.82) is 0 Å². The number of aliphatic carboxylic acids is 1. The number of rotatable bonds is 6. The second kappa shape index (κ2) is 7.89. The van der Waals surface area contributed by atoms with Crippen LogP contribution in [-0.2, 0) is 11.2 Å². The molecule has 0 unspecified atom stereocenters. The molecule has 0 radical (unpaired) electrons. The van der Waals surface area contributed by atoms with Crippen LogP contribution in [0.15, 0.2) is 18.3 Å². The maximum atomic E-state index is 11.5. The van der Waals surface area contributed by atoms with E-state index >= 15 is 0 Å². The number of amides is 1. The van der Waals surface area contributed by atoms with Gasteiger partial charge in [0, 0.05) is 19.3 Å². The van der Waals surface area contributed by atoms with E-state index in [0.29, 0.717) is 11.7 Å². The van der Waals surface area contributed by atoms with Gasteiger partial charge in [-0.05, 0) is 56.3 Å². The molecule has 1 amide bonds. The second-order valence-electron chi connectivity index (χ2n) is 5.72. The van der Waals surface area contributed by atoms with Crippen LogP contribution in [0.2, 0.25) is 0 Å². The Kier molecular flexibility index (Phi) is 5.89. The smallest absolute Gasteiger partial charge is 0.306 e. The molecule has 0 atom stereocenters. The van der Waals surface area contributed by atoms with E-state index in [1.54, 1.807) is 13.2 Å². The highest BCUT2D eigenvalue weighted by Crippen LogP contribution is 2.24. The van der Waals surface area contributed by atoms with Crippen molar-refractivity contribution in [2.75, 3.05) is 13.6 Å². The molecular formula is C16H23N3O3. The normalized spacial score (nSPS) is 21.3. The van der Waals surface area contributed by atoms with Crippen LogP contribution in [0.4, 0.5) is 0 Å². The average molecular weight is 305 g/mol. The van der Waals surface area contributed by atoms with Gasteiger partial charge >= 0.3 is 5.97 Å². The number of carboxylic acids is 1. The molecule has 0 bridgehead atoms. The fourth-order valence-electron chi connectivity index (χ4n) is 2.85. The van der Waals surface area contributed by atoms with Gasteiger partial charge in [0.15, 0.2) is 0 Å². The lowest BCUT2D eigenvalue weighted by molar-refractivity contribution is -0.142. The number of aromatic nitrogens is 1. The van der Waals surface area contributed by atoms with Crippen molar-refractivity contribution in [2.45, 2.75) is 38.1 Å². The van der Waals surface area contributed by atoms with Gasteiger partial charge in [0.2, 0.25) is 0 Å². The Hall–Kier alpha value is -1.95. The van der Waals surface area contributed by atoms with E-state index in [1.807, 2.05) is 12.1 Å². The van der Waals surface area contributed by atoms with Gasteiger partial charge in [0.05, 0.1) is 5.92 Å². The SMILES string of the molecule is CNC(=O)c1cc(CCNC2CCC(C(=O)O)CC2)ccn1. The Bertz CT molecular complexity index is 525. The van der Waals surface area contributed by atoms with E-state index in [2.05, 4.69) is 15.6 Å². The van der Waals surface area contributed by atoms with E-state index in [-0.39, 0.29) is 11.8 Å². The summed E-state index contributed by atoms with van der Waals surface area (Å²) in [4.78, 5) is 26.5. The molecule has 1 saturated carbocycles. The molecule has 1 aliphatic rings. The summed E-state index contributed by atoms with van der Waals surface area (Å²) in [6.45, 7) is 0.819. The fraction of sp³-hybridized carbons (Fsp3) is 0.562. The highest BCUT2D eigenvalue weighted by atomic mass is 16.4. The van der Waals surface area contributed by atoms with E-state index in [4.69, 9.17) is 5.11 Å². The third-order valence-electron chi connectivity index (χ3n) is 4.21. The van der Waals surface area contributed by atoms with Crippen LogP contribution >= 0.6 is 0 Å². The average Bonchev–Trinajstić information content (AvgIpc) is 2.55. The molecule has 1 aromatic rings. The van der Waals surface area contributed by atoms with Gasteiger partial charge in [0.1, 0.15) is 5.69 Å². The number of nitrogens with zero attached hydrogens (tertiary/aromatic N) is 1. The summed E-state index contributed by atoms with van der Waals surface area (Å²) in [5.74, 6) is -1.02. The number of carboxylic acid groups (broad SMARTS) is 1. The Morgan fingerprint density at radius 3 is 2.68 bits per heavy atom. The Labute approximate surface area is 130 Å². The zero-order valence-electron chi connectivity index (χ0n) is 12.8. The zero-order valence-corrected chi connectivity index (χ0v) is 12.8. The summed E-state index contributed by atoms with van der Waals surface area (Å²) in [5, 5.41) is 15.0. The first-order valence-electron chi connectivity index (χ1n) is 7.73. The molecule has 0 aromatic carbocycles. The maximum absolute atomic E-state index is 11.5. The summed E-state index contributed by atoms with van der Waals surface area (Å²) in [5.41, 5.74) is 1.50. The molecule has 1 heterocycles. The second-order valence-corrected chi connectivity index (χ2v) is 5.72. The summed E-state index contributed by atoms with van der Waals surface area (Å²) in [6, 6.07) is 4.12. The predicted octanol–water partition coefficient (Wildman–Crippen LogP) is 1.22. The molecule has 120 valence electrons. The Morgan fingerprint density at radius 2 is 2.05 bits per heavy atom. The molecule has 0 aliphatic heterocycles. The fourth-order valence-corrected chi connectivity index (χ4v) is 2.85. The standard InChI is InChI=1S/C16H23N3O3/c1-17-15(20)14-10-11(7-9-19-14)6-8-18-13-4-2-12(3-5-13)16(21)22/h7,9-10,12-13,18H,2-6,8H2,1H3,(H,17,20)(H,21,22). The number of carbonyl (C=O) groups is 2. The Balaban J connectivity index is 1.75. The lowest BCUT2D eigenvalue weighted by Crippen LogP contribution is -2.36. The summed E-state index contributed by atoms with van der Waals surface area (Å²) >= 11 is 0. The van der Waals surface area contributed by atoms with E-state index in [0.717, 1.165) is 44.2 Å². The van der Waals surface area contributed by atoms with Crippen LogP contribution in [-0.4, -0.2) is 41.6 Å². The van der Waals surface area contributed by atoms with Gasteiger partial charge < -0.3 is 15.7 Å². The number of nitrogens with one attached hydrogen (secondary N) is 2. The first kappa shape index (κ1) is 16.4. The van der Waals surface area contributed by atoms with Crippen molar-refractivity contribution in [3.05, 3.63) is 29.6 Å². The summed E-state index contributed by atoms with van der Waals surface area (Å²) in [6.07, 6.45) is 5.81. The molecule has 0 spiro atoms. The zero-order chi connectivity index (χ0) is 15.9. The van der Waals surface area contributed by atoms with Crippen LogP contribution in [0.3, 0.4) is 0 Å². The highest BCUT2D eigenvalue weighted by molar-refractivity contribution is 5.92. The van der Waals surface area contributed by atoms with E-state index in [9.17, 15) is 9.59 Å². The number of carbonyl (C=O) groups excluding carboxylic acids is 1. The molecule has 1 fully saturated rings. The molecule has 6 nitrogen and oxygen atoms in total. The topological polar surface area (TPSA) is 91.3 Å². The first-order valence-corrected chi connectivity index (χ1v) is 7.73. The van der Waals surface area contributed by atoms with Gasteiger partial charge in [-0.1, -0.05) is 0 Å². The van der Waals surface area contributed by atoms with Crippen molar-refractivity contribution in [3.63, 3.8) is 0 Å². The van der Waals surface area contributed by atoms with Gasteiger partial charge in [0.25, 0.3) is 5.91 Å². The van der Waals surface area contributed by atoms with Crippen molar-refractivity contribution in [3.8, 4) is 0 Å². The van der Waals surface area contributed by atoms with Gasteiger partial charge in [-0.15, -0.1) is 0 Å². The number of hydrogen-bond donors (Lipinski definition) is 3. The largest absolute Gasteiger partial charge is 0.481 e. The minimum Gasteiger partial charge on any atom is -0.481 e. The molecule has 2 rings (SSSR count). The van der Waals surface area contributed by atoms with E-state index in [1.165, 1.54) is 0 Å². The number of pyridine rings is 1. The molecule has 3 N–H and O–H groups in total. The molecule has 6 heteroatoms. The van der Waals surface area contributed by atoms with Crippen molar-refractivity contribution < 1.29 is 14.7 Å². The molecular weight excluding hydrogens is 282 g/mol. The highest BCUT2D eigenvalue weighted by Gasteiger charge is 2.25. The van der Waals surface area contributed by atoms with Crippen LogP contribution in [0.25, 0.3) is 0 Å². The van der Waals surface area contributed by atoms with Gasteiger partial charge in [-0.3, -0.25) is 14.6 Å². The minimum atomic E-state index is -0.669. The minimum absolute atomic E-state index is 0.173. The third kappa shape index (κ3) is 4.53. The lowest BCUT2D eigenvalue weighted by atomic mass is 9.86. The monoisotopic (exact) mass is 305 g/mol. The molecule has 1 aliphatic carbocycles.